The molecule has 0 radical (unpaired) electrons. The monoisotopic (exact) mass is 640 g/mol. The van der Waals surface area contributed by atoms with Gasteiger partial charge in [-0.05, 0) is 53.6 Å². The molecular formula is C45H28N4O. The summed E-state index contributed by atoms with van der Waals surface area (Å²) >= 11 is 0. The van der Waals surface area contributed by atoms with Crippen molar-refractivity contribution >= 4 is 43.7 Å². The van der Waals surface area contributed by atoms with Crippen LogP contribution in [0, 0.1) is 0 Å². The maximum absolute atomic E-state index is 6.60. The van der Waals surface area contributed by atoms with E-state index in [0.29, 0.717) is 17.5 Å². The van der Waals surface area contributed by atoms with Crippen molar-refractivity contribution in [3.05, 3.63) is 170 Å². The fourth-order valence-corrected chi connectivity index (χ4v) is 7.03. The van der Waals surface area contributed by atoms with E-state index < -0.39 is 0 Å². The summed E-state index contributed by atoms with van der Waals surface area (Å²) in [4.78, 5) is 14.7. The standard InChI is InChI=1S/C45H28N4O/c1-4-12-29(13-5-1)30-20-23-34(24-21-30)49-39-19-11-10-18-35(39)37-28-42-38(27-40(37)49)36-25-22-33(26-41(36)50-42)45-47-43(31-14-6-2-7-15-31)46-44(48-45)32-16-8-3-9-17-32/h1-28H. The quantitative estimate of drug-likeness (QED) is 0.188. The molecule has 0 fully saturated rings. The van der Waals surface area contributed by atoms with Gasteiger partial charge in [0.05, 0.1) is 11.0 Å². The van der Waals surface area contributed by atoms with Crippen LogP contribution in [0.3, 0.4) is 0 Å². The van der Waals surface area contributed by atoms with Crippen molar-refractivity contribution in [3.63, 3.8) is 0 Å². The average molecular weight is 641 g/mol. The van der Waals surface area contributed by atoms with E-state index in [2.05, 4.69) is 102 Å². The molecule has 0 amide bonds. The average Bonchev–Trinajstić information content (AvgIpc) is 3.72. The molecule has 234 valence electrons. The van der Waals surface area contributed by atoms with E-state index in [-0.39, 0.29) is 0 Å². The molecular weight excluding hydrogens is 613 g/mol. The molecule has 50 heavy (non-hydrogen) atoms. The van der Waals surface area contributed by atoms with Crippen molar-refractivity contribution in [1.82, 2.24) is 19.5 Å². The number of para-hydroxylation sites is 1. The van der Waals surface area contributed by atoms with E-state index in [1.54, 1.807) is 0 Å². The number of benzene rings is 7. The Morgan fingerprint density at radius 1 is 0.340 bits per heavy atom. The molecule has 3 heterocycles. The second kappa shape index (κ2) is 11.4. The van der Waals surface area contributed by atoms with Crippen LogP contribution in [0.1, 0.15) is 0 Å². The first-order valence-corrected chi connectivity index (χ1v) is 16.7. The Morgan fingerprint density at radius 2 is 0.860 bits per heavy atom. The van der Waals surface area contributed by atoms with Gasteiger partial charge in [-0.2, -0.15) is 0 Å². The van der Waals surface area contributed by atoms with Crippen LogP contribution in [-0.4, -0.2) is 19.5 Å². The second-order valence-electron chi connectivity index (χ2n) is 12.5. The van der Waals surface area contributed by atoms with Crippen molar-refractivity contribution in [1.29, 1.82) is 0 Å². The van der Waals surface area contributed by atoms with Gasteiger partial charge in [0.25, 0.3) is 0 Å². The molecule has 0 spiro atoms. The fraction of sp³-hybridized carbons (Fsp3) is 0. The zero-order chi connectivity index (χ0) is 33.0. The maximum Gasteiger partial charge on any atom is 0.164 e. The predicted molar refractivity (Wildman–Crippen MR) is 203 cm³/mol. The Bertz CT molecular complexity index is 2780. The predicted octanol–water partition coefficient (Wildman–Crippen LogP) is 11.5. The summed E-state index contributed by atoms with van der Waals surface area (Å²) in [6, 6.07) is 58.7. The minimum absolute atomic E-state index is 0.599. The molecule has 7 aromatic carbocycles. The van der Waals surface area contributed by atoms with Gasteiger partial charge in [-0.1, -0.05) is 127 Å². The molecule has 10 rings (SSSR count). The Hall–Kier alpha value is -6.85. The zero-order valence-corrected chi connectivity index (χ0v) is 26.9. The van der Waals surface area contributed by atoms with Crippen LogP contribution in [0.15, 0.2) is 174 Å². The summed E-state index contributed by atoms with van der Waals surface area (Å²) in [5.74, 6) is 1.86. The van der Waals surface area contributed by atoms with Gasteiger partial charge in [0.2, 0.25) is 0 Å². The highest BCUT2D eigenvalue weighted by Crippen LogP contribution is 2.39. The molecule has 0 saturated heterocycles. The third kappa shape index (κ3) is 4.67. The van der Waals surface area contributed by atoms with E-state index in [0.717, 1.165) is 60.7 Å². The van der Waals surface area contributed by atoms with Crippen molar-refractivity contribution in [2.75, 3.05) is 0 Å². The number of nitrogens with zero attached hydrogens (tertiary/aromatic N) is 4. The van der Waals surface area contributed by atoms with Gasteiger partial charge in [-0.25, -0.2) is 15.0 Å². The summed E-state index contributed by atoms with van der Waals surface area (Å²) in [5, 5.41) is 4.44. The van der Waals surface area contributed by atoms with Crippen LogP contribution in [0.25, 0.3) is 94.7 Å². The third-order valence-corrected chi connectivity index (χ3v) is 9.46. The van der Waals surface area contributed by atoms with E-state index in [9.17, 15) is 0 Å². The van der Waals surface area contributed by atoms with Crippen LogP contribution >= 0.6 is 0 Å². The molecule has 0 atom stereocenters. The van der Waals surface area contributed by atoms with Crippen LogP contribution in [-0.2, 0) is 0 Å². The highest BCUT2D eigenvalue weighted by atomic mass is 16.3. The van der Waals surface area contributed by atoms with Crippen molar-refractivity contribution in [3.8, 4) is 51.0 Å². The highest BCUT2D eigenvalue weighted by Gasteiger charge is 2.18. The van der Waals surface area contributed by atoms with Gasteiger partial charge in [-0.15, -0.1) is 0 Å². The van der Waals surface area contributed by atoms with Gasteiger partial charge < -0.3 is 8.98 Å². The van der Waals surface area contributed by atoms with Crippen LogP contribution in [0.5, 0.6) is 0 Å². The number of furan rings is 1. The Balaban J connectivity index is 1.13. The maximum atomic E-state index is 6.60. The first-order valence-electron chi connectivity index (χ1n) is 16.7. The van der Waals surface area contributed by atoms with Gasteiger partial charge in [0.1, 0.15) is 11.2 Å². The molecule has 0 N–H and O–H groups in total. The van der Waals surface area contributed by atoms with Crippen molar-refractivity contribution < 1.29 is 4.42 Å². The number of hydrogen-bond donors (Lipinski definition) is 0. The highest BCUT2D eigenvalue weighted by molar-refractivity contribution is 6.17. The first kappa shape index (κ1) is 28.2. The number of rotatable bonds is 5. The lowest BCUT2D eigenvalue weighted by molar-refractivity contribution is 0.669. The topological polar surface area (TPSA) is 56.7 Å². The zero-order valence-electron chi connectivity index (χ0n) is 26.9. The largest absolute Gasteiger partial charge is 0.456 e. The normalized spacial score (nSPS) is 11.6. The summed E-state index contributed by atoms with van der Waals surface area (Å²) in [6.45, 7) is 0. The van der Waals surface area contributed by atoms with Gasteiger partial charge in [-0.3, -0.25) is 0 Å². The molecule has 0 unspecified atom stereocenters. The summed E-state index contributed by atoms with van der Waals surface area (Å²) in [5.41, 5.74) is 10.2. The van der Waals surface area contributed by atoms with Crippen molar-refractivity contribution in [2.45, 2.75) is 0 Å². The molecule has 0 saturated carbocycles. The van der Waals surface area contributed by atoms with Crippen molar-refractivity contribution in [2.24, 2.45) is 0 Å². The Labute approximate surface area is 287 Å². The smallest absolute Gasteiger partial charge is 0.164 e. The van der Waals surface area contributed by atoms with E-state index in [4.69, 9.17) is 19.4 Å². The number of fused-ring (bicyclic) bond motifs is 6. The molecule has 0 aliphatic carbocycles. The Kier molecular flexibility index (Phi) is 6.42. The molecule has 3 aromatic heterocycles. The molecule has 0 aliphatic heterocycles. The molecule has 0 bridgehead atoms. The lowest BCUT2D eigenvalue weighted by Gasteiger charge is -2.09. The van der Waals surface area contributed by atoms with Crippen LogP contribution in [0.2, 0.25) is 0 Å². The first-order chi connectivity index (χ1) is 24.8. The van der Waals surface area contributed by atoms with E-state index >= 15 is 0 Å². The van der Waals surface area contributed by atoms with Crippen LogP contribution in [0.4, 0.5) is 0 Å². The Morgan fingerprint density at radius 3 is 1.52 bits per heavy atom. The van der Waals surface area contributed by atoms with Gasteiger partial charge in [0, 0.05) is 43.9 Å². The fourth-order valence-electron chi connectivity index (χ4n) is 7.03. The summed E-state index contributed by atoms with van der Waals surface area (Å²) in [7, 11) is 0. The van der Waals surface area contributed by atoms with Gasteiger partial charge in [0.15, 0.2) is 17.5 Å². The van der Waals surface area contributed by atoms with Gasteiger partial charge >= 0.3 is 0 Å². The van der Waals surface area contributed by atoms with E-state index in [1.807, 2.05) is 72.8 Å². The SMILES string of the molecule is c1ccc(-c2ccc(-n3c4ccccc4c4cc5oc6cc(-c7nc(-c8ccccc8)nc(-c8ccccc8)n7)ccc6c5cc43)cc2)cc1. The number of hydrogen-bond acceptors (Lipinski definition) is 4. The molecule has 0 aliphatic rings. The lowest BCUT2D eigenvalue weighted by atomic mass is 10.1. The summed E-state index contributed by atoms with van der Waals surface area (Å²) in [6.07, 6.45) is 0. The minimum atomic E-state index is 0.599. The molecule has 10 aromatic rings. The van der Waals surface area contributed by atoms with E-state index in [1.165, 1.54) is 16.5 Å². The molecule has 5 nitrogen and oxygen atoms in total. The van der Waals surface area contributed by atoms with Crippen LogP contribution < -0.4 is 0 Å². The minimum Gasteiger partial charge on any atom is -0.456 e. The number of aromatic nitrogens is 4. The second-order valence-corrected chi connectivity index (χ2v) is 12.5. The molecule has 5 heteroatoms. The third-order valence-electron chi connectivity index (χ3n) is 9.46. The summed E-state index contributed by atoms with van der Waals surface area (Å²) < 4.78 is 8.95. The lowest BCUT2D eigenvalue weighted by Crippen LogP contribution is -2.00.